The van der Waals surface area contributed by atoms with E-state index in [1.165, 1.54) is 6.33 Å². The molecule has 0 aliphatic rings. The molecule has 2 aromatic rings. The molecular weight excluding hydrogens is 174 g/mol. The third kappa shape index (κ3) is 1.14. The van der Waals surface area contributed by atoms with Crippen molar-refractivity contribution < 1.29 is 8.78 Å². The molecule has 0 spiro atoms. The summed E-state index contributed by atoms with van der Waals surface area (Å²) in [6, 6.07) is 2.14. The summed E-state index contributed by atoms with van der Waals surface area (Å²) in [7, 11) is 0. The van der Waals surface area contributed by atoms with E-state index in [9.17, 15) is 8.78 Å². The van der Waals surface area contributed by atoms with Gasteiger partial charge in [-0.05, 0) is 19.1 Å². The first kappa shape index (κ1) is 8.04. The molecular formula is C9H6F2N2. The molecule has 1 aromatic heterocycles. The standard InChI is InChI=1S/C9H6F2N2/c1-5-8-6(10)2-3-7(11)9(8)13-4-12-5/h2-4H,1H3. The van der Waals surface area contributed by atoms with Gasteiger partial charge in [-0.25, -0.2) is 18.7 Å². The van der Waals surface area contributed by atoms with Crippen LogP contribution in [-0.4, -0.2) is 9.97 Å². The number of hydrogen-bond acceptors (Lipinski definition) is 2. The summed E-state index contributed by atoms with van der Waals surface area (Å²) in [5, 5.41) is 0.155. The van der Waals surface area contributed by atoms with Crippen LogP contribution < -0.4 is 0 Å². The first-order valence-corrected chi connectivity index (χ1v) is 3.75. The fourth-order valence-electron chi connectivity index (χ4n) is 1.25. The van der Waals surface area contributed by atoms with Crippen LogP contribution in [0.5, 0.6) is 0 Å². The molecule has 0 saturated carbocycles. The zero-order valence-electron chi connectivity index (χ0n) is 6.88. The number of aromatic nitrogens is 2. The Kier molecular flexibility index (Phi) is 1.69. The SMILES string of the molecule is Cc1ncnc2c(F)ccc(F)c12. The van der Waals surface area contributed by atoms with Crippen LogP contribution in [0.4, 0.5) is 8.78 Å². The number of rotatable bonds is 0. The molecule has 2 nitrogen and oxygen atoms in total. The number of nitrogens with zero attached hydrogens (tertiary/aromatic N) is 2. The van der Waals surface area contributed by atoms with E-state index < -0.39 is 11.6 Å². The van der Waals surface area contributed by atoms with Crippen molar-refractivity contribution in [3.63, 3.8) is 0 Å². The molecule has 0 bridgehead atoms. The van der Waals surface area contributed by atoms with Gasteiger partial charge in [0.15, 0.2) is 0 Å². The molecule has 13 heavy (non-hydrogen) atoms. The van der Waals surface area contributed by atoms with Gasteiger partial charge >= 0.3 is 0 Å². The highest BCUT2D eigenvalue weighted by molar-refractivity contribution is 5.81. The minimum Gasteiger partial charge on any atom is -0.241 e. The Morgan fingerprint density at radius 1 is 1.08 bits per heavy atom. The largest absolute Gasteiger partial charge is 0.241 e. The van der Waals surface area contributed by atoms with Crippen molar-refractivity contribution in [2.24, 2.45) is 0 Å². The van der Waals surface area contributed by atoms with Crippen molar-refractivity contribution in [2.45, 2.75) is 6.92 Å². The van der Waals surface area contributed by atoms with Gasteiger partial charge in [-0.3, -0.25) is 0 Å². The Labute approximate surface area is 73.2 Å². The van der Waals surface area contributed by atoms with Gasteiger partial charge in [-0.1, -0.05) is 0 Å². The lowest BCUT2D eigenvalue weighted by molar-refractivity contribution is 0.614. The lowest BCUT2D eigenvalue weighted by Crippen LogP contribution is -1.93. The number of benzene rings is 1. The van der Waals surface area contributed by atoms with Crippen LogP contribution in [-0.2, 0) is 0 Å². The van der Waals surface area contributed by atoms with Crippen molar-refractivity contribution in [3.05, 3.63) is 35.8 Å². The lowest BCUT2D eigenvalue weighted by atomic mass is 10.2. The van der Waals surface area contributed by atoms with Gasteiger partial charge in [-0.2, -0.15) is 0 Å². The highest BCUT2D eigenvalue weighted by Crippen LogP contribution is 2.20. The average Bonchev–Trinajstić information content (AvgIpc) is 2.12. The number of halogens is 2. The van der Waals surface area contributed by atoms with E-state index in [1.807, 2.05) is 0 Å². The molecule has 1 aromatic carbocycles. The minimum atomic E-state index is -0.526. The molecule has 4 heteroatoms. The van der Waals surface area contributed by atoms with Crippen LogP contribution in [0.2, 0.25) is 0 Å². The molecule has 0 aliphatic heterocycles. The summed E-state index contributed by atoms with van der Waals surface area (Å²) in [6.45, 7) is 1.62. The topological polar surface area (TPSA) is 25.8 Å². The van der Waals surface area contributed by atoms with Gasteiger partial charge in [-0.15, -0.1) is 0 Å². The van der Waals surface area contributed by atoms with E-state index in [2.05, 4.69) is 9.97 Å². The van der Waals surface area contributed by atoms with Crippen molar-refractivity contribution in [2.75, 3.05) is 0 Å². The molecule has 0 N–H and O–H groups in total. The van der Waals surface area contributed by atoms with E-state index in [-0.39, 0.29) is 10.9 Å². The predicted octanol–water partition coefficient (Wildman–Crippen LogP) is 2.22. The molecule has 1 heterocycles. The zero-order valence-corrected chi connectivity index (χ0v) is 6.88. The molecule has 0 aliphatic carbocycles. The van der Waals surface area contributed by atoms with Crippen molar-refractivity contribution in [1.29, 1.82) is 0 Å². The van der Waals surface area contributed by atoms with Crippen molar-refractivity contribution in [1.82, 2.24) is 9.97 Å². The van der Waals surface area contributed by atoms with Crippen LogP contribution in [0.25, 0.3) is 10.9 Å². The predicted molar refractivity (Wildman–Crippen MR) is 44.2 cm³/mol. The second kappa shape index (κ2) is 2.73. The summed E-state index contributed by atoms with van der Waals surface area (Å²) in [4.78, 5) is 7.47. The van der Waals surface area contributed by atoms with E-state index in [1.54, 1.807) is 6.92 Å². The van der Waals surface area contributed by atoms with Gasteiger partial charge in [0.05, 0.1) is 11.1 Å². The van der Waals surface area contributed by atoms with Crippen molar-refractivity contribution >= 4 is 10.9 Å². The second-order valence-electron chi connectivity index (χ2n) is 2.71. The fourth-order valence-corrected chi connectivity index (χ4v) is 1.25. The molecule has 0 atom stereocenters. The molecule has 0 fully saturated rings. The molecule has 2 rings (SSSR count). The third-order valence-corrected chi connectivity index (χ3v) is 1.88. The Balaban J connectivity index is 3.00. The van der Waals surface area contributed by atoms with Crippen LogP contribution in [0.1, 0.15) is 5.69 Å². The van der Waals surface area contributed by atoms with Crippen LogP contribution in [0.3, 0.4) is 0 Å². The summed E-state index contributed by atoms with van der Waals surface area (Å²) in [5.74, 6) is -1.02. The fraction of sp³-hybridized carbons (Fsp3) is 0.111. The normalized spacial score (nSPS) is 10.7. The lowest BCUT2D eigenvalue weighted by Gasteiger charge is -2.01. The van der Waals surface area contributed by atoms with Gasteiger partial charge in [0.25, 0.3) is 0 Å². The molecule has 0 saturated heterocycles. The second-order valence-corrected chi connectivity index (χ2v) is 2.71. The highest BCUT2D eigenvalue weighted by Gasteiger charge is 2.09. The van der Waals surface area contributed by atoms with Gasteiger partial charge in [0.1, 0.15) is 23.5 Å². The first-order valence-electron chi connectivity index (χ1n) is 3.75. The monoisotopic (exact) mass is 180 g/mol. The smallest absolute Gasteiger partial charge is 0.149 e. The Morgan fingerprint density at radius 3 is 2.46 bits per heavy atom. The summed E-state index contributed by atoms with van der Waals surface area (Å²) < 4.78 is 26.3. The number of aryl methyl sites for hydroxylation is 1. The van der Waals surface area contributed by atoms with Crippen LogP contribution >= 0.6 is 0 Å². The summed E-state index contributed by atoms with van der Waals surface area (Å²) in [6.07, 6.45) is 1.22. The minimum absolute atomic E-state index is 0.0347. The number of hydrogen-bond donors (Lipinski definition) is 0. The highest BCUT2D eigenvalue weighted by atomic mass is 19.1. The molecule has 0 amide bonds. The molecule has 66 valence electrons. The Hall–Kier alpha value is -1.58. The van der Waals surface area contributed by atoms with Crippen LogP contribution in [0.15, 0.2) is 18.5 Å². The maximum absolute atomic E-state index is 13.2. The summed E-state index contributed by atoms with van der Waals surface area (Å²) >= 11 is 0. The van der Waals surface area contributed by atoms with E-state index >= 15 is 0 Å². The summed E-state index contributed by atoms with van der Waals surface area (Å²) in [5.41, 5.74) is 0.481. The number of fused-ring (bicyclic) bond motifs is 1. The van der Waals surface area contributed by atoms with Gasteiger partial charge in [0.2, 0.25) is 0 Å². The third-order valence-electron chi connectivity index (χ3n) is 1.88. The first-order chi connectivity index (χ1) is 6.20. The molecule has 0 radical (unpaired) electrons. The quantitative estimate of drug-likeness (QED) is 0.621. The molecule has 0 unspecified atom stereocenters. The Bertz CT molecular complexity index is 460. The van der Waals surface area contributed by atoms with E-state index in [0.29, 0.717) is 5.69 Å². The maximum Gasteiger partial charge on any atom is 0.149 e. The van der Waals surface area contributed by atoms with Crippen molar-refractivity contribution in [3.8, 4) is 0 Å². The average molecular weight is 180 g/mol. The van der Waals surface area contributed by atoms with Gasteiger partial charge < -0.3 is 0 Å². The van der Waals surface area contributed by atoms with E-state index in [4.69, 9.17) is 0 Å². The van der Waals surface area contributed by atoms with E-state index in [0.717, 1.165) is 12.1 Å². The zero-order chi connectivity index (χ0) is 9.42. The van der Waals surface area contributed by atoms with Gasteiger partial charge in [0, 0.05) is 0 Å². The van der Waals surface area contributed by atoms with Crippen LogP contribution in [0, 0.1) is 18.6 Å². The maximum atomic E-state index is 13.2. The Morgan fingerprint density at radius 2 is 1.77 bits per heavy atom.